The average Bonchev–Trinajstić information content (AvgIpc) is 2.79. The molecule has 0 bridgehead atoms. The maximum atomic E-state index is 12.7. The van der Waals surface area contributed by atoms with Crippen LogP contribution in [0.15, 0.2) is 42.5 Å². The molecule has 0 aliphatic carbocycles. The Morgan fingerprint density at radius 2 is 1.56 bits per heavy atom. The zero-order valence-electron chi connectivity index (χ0n) is 18.4. The highest BCUT2D eigenvalue weighted by Crippen LogP contribution is 2.29. The lowest BCUT2D eigenvalue weighted by molar-refractivity contribution is 0.0729. The molecule has 2 aromatic rings. The van der Waals surface area contributed by atoms with E-state index in [0.29, 0.717) is 28.7 Å². The summed E-state index contributed by atoms with van der Waals surface area (Å²) in [6.07, 6.45) is 1.02. The number of methoxy groups -OCH3 is 2. The van der Waals surface area contributed by atoms with Crippen molar-refractivity contribution in [1.29, 1.82) is 0 Å². The fourth-order valence-electron chi connectivity index (χ4n) is 3.55. The normalized spacial score (nSPS) is 14.1. The van der Waals surface area contributed by atoms with E-state index in [4.69, 9.17) is 25.8 Å². The molecule has 0 saturated carbocycles. The van der Waals surface area contributed by atoms with Crippen molar-refractivity contribution in [2.24, 2.45) is 0 Å². The fourth-order valence-corrected chi connectivity index (χ4v) is 3.67. The highest BCUT2D eigenvalue weighted by Gasteiger charge is 2.19. The maximum absolute atomic E-state index is 12.7. The molecule has 178 valence electrons. The largest absolute Gasteiger partial charge is 0.493 e. The summed E-state index contributed by atoms with van der Waals surface area (Å²) in [5, 5.41) is 0. The molecule has 3 rings (SSSR count). The van der Waals surface area contributed by atoms with E-state index < -0.39 is 5.97 Å². The molecule has 2 aromatic carbocycles. The van der Waals surface area contributed by atoms with Crippen molar-refractivity contribution >= 4 is 42.4 Å². The molecule has 1 fully saturated rings. The minimum Gasteiger partial charge on any atom is -0.493 e. The molecule has 1 aliphatic rings. The summed E-state index contributed by atoms with van der Waals surface area (Å²) in [6, 6.07) is 12.7. The zero-order valence-corrected chi connectivity index (χ0v) is 20.8. The van der Waals surface area contributed by atoms with Gasteiger partial charge in [0, 0.05) is 44.2 Å². The van der Waals surface area contributed by atoms with Gasteiger partial charge in [0.15, 0.2) is 11.5 Å². The standard InChI is InChI=1S/C23H29ClN2O4.2ClH/c1-28-21-9-8-18(16-22(21)29-2)23(27)30-20-7-4-3-6-19(20)17-26-14-12-25(13-15-26)11-5-10-24;;/h3-4,6-9,16H,5,10-15,17H2,1-2H3;2*1H. The third kappa shape index (κ3) is 7.71. The summed E-state index contributed by atoms with van der Waals surface area (Å²) in [6.45, 7) is 5.84. The Kier molecular flexibility index (Phi) is 12.8. The van der Waals surface area contributed by atoms with Gasteiger partial charge in [-0.1, -0.05) is 18.2 Å². The number of benzene rings is 2. The first kappa shape index (κ1) is 28.3. The second-order valence-electron chi connectivity index (χ2n) is 7.23. The minimum atomic E-state index is -0.422. The number of halogens is 3. The molecule has 6 nitrogen and oxygen atoms in total. The van der Waals surface area contributed by atoms with Gasteiger partial charge in [-0.15, -0.1) is 36.4 Å². The van der Waals surface area contributed by atoms with Crippen LogP contribution in [0.1, 0.15) is 22.3 Å². The summed E-state index contributed by atoms with van der Waals surface area (Å²) in [5.74, 6) is 1.93. The van der Waals surface area contributed by atoms with Crippen LogP contribution in [0.4, 0.5) is 0 Å². The van der Waals surface area contributed by atoms with Crippen molar-refractivity contribution in [3.05, 3.63) is 53.6 Å². The second-order valence-corrected chi connectivity index (χ2v) is 7.61. The number of ether oxygens (including phenoxy) is 3. The fraction of sp³-hybridized carbons (Fsp3) is 0.435. The Morgan fingerprint density at radius 1 is 0.906 bits per heavy atom. The Bertz CT molecular complexity index is 846. The molecule has 1 aliphatic heterocycles. The third-order valence-corrected chi connectivity index (χ3v) is 5.53. The van der Waals surface area contributed by atoms with E-state index in [-0.39, 0.29) is 24.8 Å². The van der Waals surface area contributed by atoms with E-state index >= 15 is 0 Å². The van der Waals surface area contributed by atoms with Crippen LogP contribution in [-0.4, -0.2) is 68.6 Å². The van der Waals surface area contributed by atoms with Gasteiger partial charge in [-0.25, -0.2) is 4.79 Å². The second kappa shape index (κ2) is 14.4. The van der Waals surface area contributed by atoms with Gasteiger partial charge in [-0.05, 0) is 37.2 Å². The molecule has 9 heteroatoms. The SMILES string of the molecule is COc1ccc(C(=O)Oc2ccccc2CN2CCN(CCCCl)CC2)cc1OC.Cl.Cl. The predicted octanol–water partition coefficient (Wildman–Crippen LogP) is 4.51. The monoisotopic (exact) mass is 504 g/mol. The van der Waals surface area contributed by atoms with Gasteiger partial charge < -0.3 is 19.1 Å². The first-order valence-corrected chi connectivity index (χ1v) is 10.7. The predicted molar refractivity (Wildman–Crippen MR) is 132 cm³/mol. The molecule has 0 spiro atoms. The molecule has 0 aromatic heterocycles. The Labute approximate surface area is 207 Å². The van der Waals surface area contributed by atoms with Gasteiger partial charge in [0.1, 0.15) is 5.75 Å². The van der Waals surface area contributed by atoms with Crippen LogP contribution in [0.2, 0.25) is 0 Å². The molecule has 1 heterocycles. The van der Waals surface area contributed by atoms with Crippen molar-refractivity contribution < 1.29 is 19.0 Å². The molecule has 0 unspecified atom stereocenters. The van der Waals surface area contributed by atoms with E-state index in [1.165, 1.54) is 7.11 Å². The molecule has 1 saturated heterocycles. The molecule has 0 radical (unpaired) electrons. The van der Waals surface area contributed by atoms with Crippen LogP contribution in [0, 0.1) is 0 Å². The van der Waals surface area contributed by atoms with Crippen LogP contribution < -0.4 is 14.2 Å². The van der Waals surface area contributed by atoms with Gasteiger partial charge in [-0.2, -0.15) is 0 Å². The molecule has 0 amide bonds. The number of rotatable bonds is 9. The number of esters is 1. The minimum absolute atomic E-state index is 0. The Hall–Kier alpha value is -1.70. The Morgan fingerprint density at radius 3 is 2.22 bits per heavy atom. The van der Waals surface area contributed by atoms with E-state index in [1.54, 1.807) is 25.3 Å². The highest BCUT2D eigenvalue weighted by molar-refractivity contribution is 6.17. The van der Waals surface area contributed by atoms with Crippen molar-refractivity contribution in [3.8, 4) is 17.2 Å². The van der Waals surface area contributed by atoms with Crippen molar-refractivity contribution in [2.45, 2.75) is 13.0 Å². The van der Waals surface area contributed by atoms with E-state index in [9.17, 15) is 4.79 Å². The number of carbonyl (C=O) groups excluding carboxylic acids is 1. The molecule has 0 N–H and O–H groups in total. The number of para-hydroxylation sites is 1. The van der Waals surface area contributed by atoms with Gasteiger partial charge in [0.25, 0.3) is 0 Å². The van der Waals surface area contributed by atoms with E-state index in [2.05, 4.69) is 9.80 Å². The van der Waals surface area contributed by atoms with Gasteiger partial charge in [0.2, 0.25) is 0 Å². The van der Waals surface area contributed by atoms with Crippen LogP contribution in [0.5, 0.6) is 17.2 Å². The smallest absolute Gasteiger partial charge is 0.343 e. The lowest BCUT2D eigenvalue weighted by atomic mass is 10.1. The van der Waals surface area contributed by atoms with Crippen LogP contribution in [0.25, 0.3) is 0 Å². The van der Waals surface area contributed by atoms with Crippen molar-refractivity contribution in [1.82, 2.24) is 9.80 Å². The highest BCUT2D eigenvalue weighted by atomic mass is 35.5. The molecule has 32 heavy (non-hydrogen) atoms. The van der Waals surface area contributed by atoms with Gasteiger partial charge in [0.05, 0.1) is 19.8 Å². The van der Waals surface area contributed by atoms with Crippen LogP contribution in [0.3, 0.4) is 0 Å². The number of carbonyl (C=O) groups is 1. The summed E-state index contributed by atoms with van der Waals surface area (Å²) in [7, 11) is 3.10. The molecular formula is C23H31Cl3N2O4. The summed E-state index contributed by atoms with van der Waals surface area (Å²) in [4.78, 5) is 17.6. The maximum Gasteiger partial charge on any atom is 0.343 e. The van der Waals surface area contributed by atoms with Crippen LogP contribution in [-0.2, 0) is 6.54 Å². The number of hydrogen-bond donors (Lipinski definition) is 0. The van der Waals surface area contributed by atoms with E-state index in [0.717, 1.165) is 51.3 Å². The number of alkyl halides is 1. The quantitative estimate of drug-likeness (QED) is 0.284. The van der Waals surface area contributed by atoms with Gasteiger partial charge in [-0.3, -0.25) is 4.90 Å². The third-order valence-electron chi connectivity index (χ3n) is 5.26. The zero-order chi connectivity index (χ0) is 21.3. The number of piperazine rings is 1. The number of nitrogens with zero attached hydrogens (tertiary/aromatic N) is 2. The summed E-state index contributed by atoms with van der Waals surface area (Å²) >= 11 is 5.80. The summed E-state index contributed by atoms with van der Waals surface area (Å²) in [5.41, 5.74) is 1.41. The molecular weight excluding hydrogens is 475 g/mol. The van der Waals surface area contributed by atoms with E-state index in [1.807, 2.05) is 24.3 Å². The molecule has 0 atom stereocenters. The van der Waals surface area contributed by atoms with Crippen LogP contribution >= 0.6 is 36.4 Å². The van der Waals surface area contributed by atoms with Crippen molar-refractivity contribution in [2.75, 3.05) is 52.8 Å². The first-order chi connectivity index (χ1) is 14.6. The van der Waals surface area contributed by atoms with Crippen molar-refractivity contribution in [3.63, 3.8) is 0 Å². The topological polar surface area (TPSA) is 51.2 Å². The summed E-state index contributed by atoms with van der Waals surface area (Å²) < 4.78 is 16.2. The average molecular weight is 506 g/mol. The lowest BCUT2D eigenvalue weighted by Gasteiger charge is -2.34. The lowest BCUT2D eigenvalue weighted by Crippen LogP contribution is -2.46. The Balaban J connectivity index is 0.00000256. The number of hydrogen-bond acceptors (Lipinski definition) is 6. The van der Waals surface area contributed by atoms with Gasteiger partial charge >= 0.3 is 5.97 Å². The first-order valence-electron chi connectivity index (χ1n) is 10.2.